The molecule has 0 radical (unpaired) electrons. The molecule has 0 aliphatic heterocycles. The Morgan fingerprint density at radius 2 is 2.19 bits per heavy atom. The maximum absolute atomic E-state index is 9.10. The van der Waals surface area contributed by atoms with Crippen molar-refractivity contribution in [2.75, 3.05) is 18.0 Å². The van der Waals surface area contributed by atoms with Crippen molar-refractivity contribution in [3.05, 3.63) is 29.3 Å². The summed E-state index contributed by atoms with van der Waals surface area (Å²) < 4.78 is 0. The molecule has 0 atom stereocenters. The van der Waals surface area contributed by atoms with Crippen molar-refractivity contribution in [3.63, 3.8) is 0 Å². The summed E-state index contributed by atoms with van der Waals surface area (Å²) in [6, 6.07) is 7.97. The van der Waals surface area contributed by atoms with E-state index in [-0.39, 0.29) is 0 Å². The van der Waals surface area contributed by atoms with Crippen LogP contribution in [0, 0.1) is 30.6 Å². The summed E-state index contributed by atoms with van der Waals surface area (Å²) in [5.74, 6) is 2.65. The summed E-state index contributed by atoms with van der Waals surface area (Å²) in [7, 11) is 0. The Balaban J connectivity index is 3.18. The van der Waals surface area contributed by atoms with Gasteiger partial charge < -0.3 is 4.90 Å². The lowest BCUT2D eigenvalue weighted by Gasteiger charge is -2.24. The van der Waals surface area contributed by atoms with Crippen LogP contribution in [0.5, 0.6) is 0 Å². The van der Waals surface area contributed by atoms with Gasteiger partial charge >= 0.3 is 0 Å². The first-order valence-corrected chi connectivity index (χ1v) is 5.42. The standard InChI is InChI=1S/C14H16N2/c1-4-9-16(10-5-2)14-12(3)7-6-8-13(14)11-15/h1,6-8H,5,9-10H2,2-3H3. The van der Waals surface area contributed by atoms with E-state index in [2.05, 4.69) is 23.8 Å². The lowest BCUT2D eigenvalue weighted by molar-refractivity contribution is 0.819. The van der Waals surface area contributed by atoms with E-state index < -0.39 is 0 Å². The molecule has 0 fully saturated rings. The topological polar surface area (TPSA) is 27.0 Å². The van der Waals surface area contributed by atoms with E-state index in [4.69, 9.17) is 11.7 Å². The van der Waals surface area contributed by atoms with Crippen molar-refractivity contribution in [1.29, 1.82) is 5.26 Å². The zero-order chi connectivity index (χ0) is 12.0. The van der Waals surface area contributed by atoms with E-state index in [0.717, 1.165) is 24.2 Å². The molecule has 0 aromatic heterocycles. The lowest BCUT2D eigenvalue weighted by atomic mass is 10.1. The molecule has 0 aliphatic rings. The zero-order valence-corrected chi connectivity index (χ0v) is 9.83. The summed E-state index contributed by atoms with van der Waals surface area (Å²) in [5.41, 5.74) is 2.77. The van der Waals surface area contributed by atoms with Gasteiger partial charge in [0, 0.05) is 6.54 Å². The Morgan fingerprint density at radius 3 is 2.75 bits per heavy atom. The molecule has 0 unspecified atom stereocenters. The van der Waals surface area contributed by atoms with Crippen LogP contribution in [0.3, 0.4) is 0 Å². The maximum atomic E-state index is 9.10. The van der Waals surface area contributed by atoms with Crippen LogP contribution < -0.4 is 4.90 Å². The van der Waals surface area contributed by atoms with Crippen LogP contribution >= 0.6 is 0 Å². The molecule has 0 amide bonds. The fourth-order valence-corrected chi connectivity index (χ4v) is 1.82. The van der Waals surface area contributed by atoms with E-state index in [1.165, 1.54) is 0 Å². The first-order chi connectivity index (χ1) is 7.74. The largest absolute Gasteiger partial charge is 0.359 e. The highest BCUT2D eigenvalue weighted by atomic mass is 15.1. The van der Waals surface area contributed by atoms with Gasteiger partial charge in [0.05, 0.1) is 17.8 Å². The van der Waals surface area contributed by atoms with Gasteiger partial charge in [-0.2, -0.15) is 5.26 Å². The number of nitrogens with zero attached hydrogens (tertiary/aromatic N) is 2. The van der Waals surface area contributed by atoms with E-state index >= 15 is 0 Å². The maximum Gasteiger partial charge on any atom is 0.101 e. The number of rotatable bonds is 4. The van der Waals surface area contributed by atoms with Crippen LogP contribution in [0.15, 0.2) is 18.2 Å². The van der Waals surface area contributed by atoms with Gasteiger partial charge in [-0.3, -0.25) is 0 Å². The fourth-order valence-electron chi connectivity index (χ4n) is 1.82. The van der Waals surface area contributed by atoms with Crippen molar-refractivity contribution in [2.24, 2.45) is 0 Å². The van der Waals surface area contributed by atoms with Crippen molar-refractivity contribution in [1.82, 2.24) is 0 Å². The Bertz CT molecular complexity index is 435. The number of para-hydroxylation sites is 1. The second-order valence-corrected chi connectivity index (χ2v) is 3.71. The zero-order valence-electron chi connectivity index (χ0n) is 9.83. The number of hydrogen-bond donors (Lipinski definition) is 0. The van der Waals surface area contributed by atoms with Gasteiger partial charge in [-0.05, 0) is 25.0 Å². The average molecular weight is 212 g/mol. The molecule has 0 saturated heterocycles. The number of hydrogen-bond acceptors (Lipinski definition) is 2. The molecule has 0 heterocycles. The molecular formula is C14H16N2. The lowest BCUT2D eigenvalue weighted by Crippen LogP contribution is -2.26. The van der Waals surface area contributed by atoms with Crippen molar-refractivity contribution in [3.8, 4) is 18.4 Å². The predicted octanol–water partition coefficient (Wildman–Crippen LogP) is 2.72. The van der Waals surface area contributed by atoms with E-state index in [1.807, 2.05) is 25.1 Å². The highest BCUT2D eigenvalue weighted by Crippen LogP contribution is 2.24. The average Bonchev–Trinajstić information content (AvgIpc) is 2.28. The first kappa shape index (κ1) is 12.1. The van der Waals surface area contributed by atoms with Crippen LogP contribution in [0.25, 0.3) is 0 Å². The predicted molar refractivity (Wildman–Crippen MR) is 67.2 cm³/mol. The summed E-state index contributed by atoms with van der Waals surface area (Å²) in [4.78, 5) is 2.09. The molecule has 16 heavy (non-hydrogen) atoms. The van der Waals surface area contributed by atoms with Gasteiger partial charge in [0.15, 0.2) is 0 Å². The van der Waals surface area contributed by atoms with E-state index in [1.54, 1.807) is 0 Å². The third-order valence-electron chi connectivity index (χ3n) is 2.45. The number of benzene rings is 1. The minimum Gasteiger partial charge on any atom is -0.359 e. The van der Waals surface area contributed by atoms with E-state index in [0.29, 0.717) is 12.1 Å². The molecule has 2 heteroatoms. The second kappa shape index (κ2) is 5.83. The normalized spacial score (nSPS) is 9.25. The highest BCUT2D eigenvalue weighted by Gasteiger charge is 2.11. The fraction of sp³-hybridized carbons (Fsp3) is 0.357. The van der Waals surface area contributed by atoms with Gasteiger partial charge in [-0.15, -0.1) is 6.42 Å². The minimum absolute atomic E-state index is 0.549. The monoisotopic (exact) mass is 212 g/mol. The molecule has 0 aliphatic carbocycles. The Hall–Kier alpha value is -1.93. The van der Waals surface area contributed by atoms with Gasteiger partial charge in [0.25, 0.3) is 0 Å². The van der Waals surface area contributed by atoms with Crippen molar-refractivity contribution >= 4 is 5.69 Å². The highest BCUT2D eigenvalue weighted by molar-refractivity contribution is 5.64. The summed E-state index contributed by atoms with van der Waals surface area (Å²) >= 11 is 0. The number of terminal acetylenes is 1. The summed E-state index contributed by atoms with van der Waals surface area (Å²) in [5, 5.41) is 9.10. The van der Waals surface area contributed by atoms with Crippen molar-refractivity contribution < 1.29 is 0 Å². The third-order valence-corrected chi connectivity index (χ3v) is 2.45. The van der Waals surface area contributed by atoms with Crippen molar-refractivity contribution in [2.45, 2.75) is 20.3 Å². The summed E-state index contributed by atoms with van der Waals surface area (Å²) in [6.45, 7) is 5.54. The number of nitriles is 1. The van der Waals surface area contributed by atoms with Crippen LogP contribution in [0.4, 0.5) is 5.69 Å². The van der Waals surface area contributed by atoms with Crippen LogP contribution in [-0.2, 0) is 0 Å². The molecule has 1 aromatic rings. The molecule has 1 rings (SSSR count). The minimum atomic E-state index is 0.549. The van der Waals surface area contributed by atoms with Crippen LogP contribution in [0.1, 0.15) is 24.5 Å². The summed E-state index contributed by atoms with van der Waals surface area (Å²) in [6.07, 6.45) is 6.38. The number of aryl methyl sites for hydroxylation is 1. The molecule has 1 aromatic carbocycles. The van der Waals surface area contributed by atoms with Gasteiger partial charge in [-0.25, -0.2) is 0 Å². The Morgan fingerprint density at radius 1 is 1.44 bits per heavy atom. The molecule has 0 spiro atoms. The molecule has 0 N–H and O–H groups in total. The van der Waals surface area contributed by atoms with Gasteiger partial charge in [0.1, 0.15) is 6.07 Å². The van der Waals surface area contributed by atoms with E-state index in [9.17, 15) is 0 Å². The molecule has 0 saturated carbocycles. The SMILES string of the molecule is C#CCN(CCC)c1c(C)cccc1C#N. The second-order valence-electron chi connectivity index (χ2n) is 3.71. The van der Waals surface area contributed by atoms with Gasteiger partial charge in [0.2, 0.25) is 0 Å². The molecule has 0 bridgehead atoms. The molecule has 82 valence electrons. The smallest absolute Gasteiger partial charge is 0.101 e. The third kappa shape index (κ3) is 2.55. The first-order valence-electron chi connectivity index (χ1n) is 5.42. The Kier molecular flexibility index (Phi) is 4.42. The Labute approximate surface area is 97.5 Å². The molecule has 2 nitrogen and oxygen atoms in total. The van der Waals surface area contributed by atoms with Crippen LogP contribution in [0.2, 0.25) is 0 Å². The number of anilines is 1. The van der Waals surface area contributed by atoms with Crippen LogP contribution in [-0.4, -0.2) is 13.1 Å². The van der Waals surface area contributed by atoms with Gasteiger partial charge in [-0.1, -0.05) is 25.0 Å². The molecular weight excluding hydrogens is 196 g/mol. The quantitative estimate of drug-likeness (QED) is 0.717.